The van der Waals surface area contributed by atoms with Gasteiger partial charge in [0.25, 0.3) is 5.91 Å². The molecule has 3 rings (SSSR count). The summed E-state index contributed by atoms with van der Waals surface area (Å²) in [6.45, 7) is 4.97. The van der Waals surface area contributed by atoms with Crippen molar-refractivity contribution in [3.63, 3.8) is 0 Å². The summed E-state index contributed by atoms with van der Waals surface area (Å²) in [6.07, 6.45) is 3.88. The van der Waals surface area contributed by atoms with E-state index in [9.17, 15) is 4.79 Å². The van der Waals surface area contributed by atoms with E-state index < -0.39 is 0 Å². The maximum Gasteiger partial charge on any atom is 0.254 e. The van der Waals surface area contributed by atoms with E-state index in [1.165, 1.54) is 24.9 Å². The Hall–Kier alpha value is -1.55. The fourth-order valence-corrected chi connectivity index (χ4v) is 2.92. The Labute approximate surface area is 120 Å². The summed E-state index contributed by atoms with van der Waals surface area (Å²) in [6, 6.07) is 8.08. The van der Waals surface area contributed by atoms with E-state index in [0.29, 0.717) is 26.3 Å². The molecule has 0 aromatic heterocycles. The van der Waals surface area contributed by atoms with Crippen molar-refractivity contribution in [1.82, 2.24) is 4.90 Å². The fraction of sp³-hybridized carbons (Fsp3) is 0.562. The van der Waals surface area contributed by atoms with Gasteiger partial charge in [0.05, 0.1) is 13.2 Å². The lowest BCUT2D eigenvalue weighted by molar-refractivity contribution is 0.0303. The Balaban J connectivity index is 1.67. The predicted octanol–water partition coefficient (Wildman–Crippen LogP) is 2.15. The minimum absolute atomic E-state index is 0.124. The molecule has 2 saturated heterocycles. The summed E-state index contributed by atoms with van der Waals surface area (Å²) in [4.78, 5) is 16.6. The van der Waals surface area contributed by atoms with Crippen LogP contribution in [-0.4, -0.2) is 50.2 Å². The number of carbonyl (C=O) groups is 1. The zero-order chi connectivity index (χ0) is 13.8. The van der Waals surface area contributed by atoms with Crippen molar-refractivity contribution in [3.05, 3.63) is 29.8 Å². The van der Waals surface area contributed by atoms with Crippen molar-refractivity contribution in [2.75, 3.05) is 44.3 Å². The molecule has 0 bridgehead atoms. The topological polar surface area (TPSA) is 32.8 Å². The van der Waals surface area contributed by atoms with Gasteiger partial charge in [-0.15, -0.1) is 0 Å². The van der Waals surface area contributed by atoms with Crippen molar-refractivity contribution >= 4 is 11.6 Å². The van der Waals surface area contributed by atoms with Crippen LogP contribution in [0.25, 0.3) is 0 Å². The van der Waals surface area contributed by atoms with Crippen LogP contribution in [0.2, 0.25) is 0 Å². The van der Waals surface area contributed by atoms with Crippen molar-refractivity contribution < 1.29 is 9.53 Å². The first-order valence-electron chi connectivity index (χ1n) is 7.56. The van der Waals surface area contributed by atoms with Gasteiger partial charge < -0.3 is 14.5 Å². The van der Waals surface area contributed by atoms with Crippen molar-refractivity contribution in [2.24, 2.45) is 0 Å². The van der Waals surface area contributed by atoms with E-state index in [1.54, 1.807) is 0 Å². The molecule has 108 valence electrons. The summed E-state index contributed by atoms with van der Waals surface area (Å²) >= 11 is 0. The molecule has 1 amide bonds. The Bertz CT molecular complexity index is 446. The second kappa shape index (κ2) is 6.27. The van der Waals surface area contributed by atoms with Crippen molar-refractivity contribution in [1.29, 1.82) is 0 Å². The molecule has 2 fully saturated rings. The number of anilines is 1. The van der Waals surface area contributed by atoms with E-state index in [4.69, 9.17) is 4.74 Å². The van der Waals surface area contributed by atoms with Gasteiger partial charge in [0, 0.05) is 37.4 Å². The molecule has 1 aromatic carbocycles. The third-order valence-electron chi connectivity index (χ3n) is 4.13. The molecule has 0 aliphatic carbocycles. The second-order valence-electron chi connectivity index (χ2n) is 5.50. The summed E-state index contributed by atoms with van der Waals surface area (Å²) in [5, 5.41) is 0. The largest absolute Gasteiger partial charge is 0.378 e. The third kappa shape index (κ3) is 2.96. The molecule has 4 nitrogen and oxygen atoms in total. The molecule has 4 heteroatoms. The van der Waals surface area contributed by atoms with Crippen LogP contribution in [0.1, 0.15) is 29.6 Å². The molecule has 2 heterocycles. The van der Waals surface area contributed by atoms with Crippen LogP contribution in [-0.2, 0) is 4.74 Å². The Morgan fingerprint density at radius 2 is 1.55 bits per heavy atom. The average molecular weight is 274 g/mol. The highest BCUT2D eigenvalue weighted by Gasteiger charge is 2.18. The number of hydrogen-bond donors (Lipinski definition) is 0. The molecule has 0 N–H and O–H groups in total. The van der Waals surface area contributed by atoms with Gasteiger partial charge in [0.1, 0.15) is 0 Å². The number of rotatable bonds is 2. The quantitative estimate of drug-likeness (QED) is 0.828. The summed E-state index contributed by atoms with van der Waals surface area (Å²) < 4.78 is 5.28. The third-order valence-corrected chi connectivity index (χ3v) is 4.13. The number of nitrogens with zero attached hydrogens (tertiary/aromatic N) is 2. The second-order valence-corrected chi connectivity index (χ2v) is 5.50. The van der Waals surface area contributed by atoms with E-state index in [2.05, 4.69) is 17.0 Å². The first kappa shape index (κ1) is 13.4. The van der Waals surface area contributed by atoms with Gasteiger partial charge in [0.2, 0.25) is 0 Å². The first-order valence-corrected chi connectivity index (χ1v) is 7.56. The van der Waals surface area contributed by atoms with Gasteiger partial charge in [-0.25, -0.2) is 0 Å². The molecule has 0 saturated carbocycles. The fourth-order valence-electron chi connectivity index (χ4n) is 2.92. The highest BCUT2D eigenvalue weighted by Crippen LogP contribution is 2.20. The van der Waals surface area contributed by atoms with Gasteiger partial charge in [-0.05, 0) is 43.5 Å². The highest BCUT2D eigenvalue weighted by molar-refractivity contribution is 5.94. The summed E-state index contributed by atoms with van der Waals surface area (Å²) in [5.74, 6) is 0.124. The van der Waals surface area contributed by atoms with Gasteiger partial charge >= 0.3 is 0 Å². The summed E-state index contributed by atoms with van der Waals surface area (Å²) in [7, 11) is 0. The van der Waals surface area contributed by atoms with Gasteiger partial charge in [-0.3, -0.25) is 4.79 Å². The van der Waals surface area contributed by atoms with Crippen LogP contribution in [0.5, 0.6) is 0 Å². The number of hydrogen-bond acceptors (Lipinski definition) is 3. The molecule has 0 atom stereocenters. The van der Waals surface area contributed by atoms with Crippen molar-refractivity contribution in [3.8, 4) is 0 Å². The Kier molecular flexibility index (Phi) is 4.21. The van der Waals surface area contributed by atoms with Crippen LogP contribution in [0.4, 0.5) is 5.69 Å². The molecule has 2 aliphatic rings. The first-order chi connectivity index (χ1) is 9.84. The SMILES string of the molecule is O=C(c1ccc(N2CCCCC2)cc1)N1CCOCC1. The number of benzene rings is 1. The van der Waals surface area contributed by atoms with E-state index in [-0.39, 0.29) is 5.91 Å². The number of amides is 1. The van der Waals surface area contributed by atoms with Crippen LogP contribution in [0.15, 0.2) is 24.3 Å². The molecule has 0 radical (unpaired) electrons. The molecule has 20 heavy (non-hydrogen) atoms. The lowest BCUT2D eigenvalue weighted by Gasteiger charge is -2.29. The number of piperidine rings is 1. The molecule has 0 spiro atoms. The molecular formula is C16H22N2O2. The monoisotopic (exact) mass is 274 g/mol. The smallest absolute Gasteiger partial charge is 0.254 e. The Morgan fingerprint density at radius 1 is 0.900 bits per heavy atom. The van der Waals surface area contributed by atoms with Crippen LogP contribution < -0.4 is 4.90 Å². The number of carbonyl (C=O) groups excluding carboxylic acids is 1. The highest BCUT2D eigenvalue weighted by atomic mass is 16.5. The molecular weight excluding hydrogens is 252 g/mol. The van der Waals surface area contributed by atoms with Crippen LogP contribution in [0, 0.1) is 0 Å². The van der Waals surface area contributed by atoms with Gasteiger partial charge in [-0.2, -0.15) is 0 Å². The maximum atomic E-state index is 12.3. The predicted molar refractivity (Wildman–Crippen MR) is 79.2 cm³/mol. The van der Waals surface area contributed by atoms with Gasteiger partial charge in [0.15, 0.2) is 0 Å². The number of morpholine rings is 1. The molecule has 1 aromatic rings. The van der Waals surface area contributed by atoms with E-state index in [1.807, 2.05) is 17.0 Å². The van der Waals surface area contributed by atoms with Crippen LogP contribution in [0.3, 0.4) is 0 Å². The minimum Gasteiger partial charge on any atom is -0.378 e. The standard InChI is InChI=1S/C16H22N2O2/c19-16(18-10-12-20-13-11-18)14-4-6-15(7-5-14)17-8-2-1-3-9-17/h4-7H,1-3,8-13H2. The van der Waals surface area contributed by atoms with E-state index >= 15 is 0 Å². The zero-order valence-corrected chi connectivity index (χ0v) is 11.9. The molecule has 2 aliphatic heterocycles. The van der Waals surface area contributed by atoms with E-state index in [0.717, 1.165) is 18.7 Å². The van der Waals surface area contributed by atoms with Gasteiger partial charge in [-0.1, -0.05) is 0 Å². The lowest BCUT2D eigenvalue weighted by Crippen LogP contribution is -2.40. The van der Waals surface area contributed by atoms with Crippen molar-refractivity contribution in [2.45, 2.75) is 19.3 Å². The Morgan fingerprint density at radius 3 is 2.20 bits per heavy atom. The summed E-state index contributed by atoms with van der Waals surface area (Å²) in [5.41, 5.74) is 2.02. The molecule has 0 unspecified atom stereocenters. The maximum absolute atomic E-state index is 12.3. The lowest BCUT2D eigenvalue weighted by atomic mass is 10.1. The minimum atomic E-state index is 0.124. The number of ether oxygens (including phenoxy) is 1. The van der Waals surface area contributed by atoms with Crippen LogP contribution >= 0.6 is 0 Å². The zero-order valence-electron chi connectivity index (χ0n) is 11.9. The normalized spacial score (nSPS) is 20.0. The average Bonchev–Trinajstić information content (AvgIpc) is 2.56.